The van der Waals surface area contributed by atoms with Crippen LogP contribution in [0, 0.1) is 0 Å². The highest BCUT2D eigenvalue weighted by Gasteiger charge is 2.41. The van der Waals surface area contributed by atoms with Gasteiger partial charge in [-0.3, -0.25) is 4.99 Å². The molecule has 0 unspecified atom stereocenters. The molecule has 1 aromatic heterocycles. The lowest BCUT2D eigenvalue weighted by atomic mass is 9.73. The minimum absolute atomic E-state index is 0. The summed E-state index contributed by atoms with van der Waals surface area (Å²) < 4.78 is 23.8. The molecule has 27 heavy (non-hydrogen) atoms. The molecule has 0 atom stereocenters. The lowest BCUT2D eigenvalue weighted by molar-refractivity contribution is 0.288. The van der Waals surface area contributed by atoms with Crippen molar-refractivity contribution in [2.24, 2.45) is 4.99 Å². The molecule has 1 saturated heterocycles. The third-order valence-electron chi connectivity index (χ3n) is 5.99. The average Bonchev–Trinajstić information content (AvgIpc) is 3.15. The largest absolute Gasteiger partial charge is 0.355 e. The quantitative estimate of drug-likeness (QED) is 0.372. The molecule has 1 aromatic rings. The minimum atomic E-state index is -3.04. The van der Waals surface area contributed by atoms with E-state index in [4.69, 9.17) is 0 Å². The molecule has 1 saturated carbocycles. The fraction of sp³-hybridized carbons (Fsp3) is 0.737. The second-order valence-corrected chi connectivity index (χ2v) is 11.9. The summed E-state index contributed by atoms with van der Waals surface area (Å²) in [6.45, 7) is 5.49. The number of nitrogens with zero attached hydrogens (tertiary/aromatic N) is 2. The lowest BCUT2D eigenvalue weighted by Gasteiger charge is -2.41. The average molecular weight is 526 g/mol. The number of hydrogen-bond donors (Lipinski definition) is 1. The molecule has 5 nitrogen and oxygen atoms in total. The van der Waals surface area contributed by atoms with E-state index in [1.807, 2.05) is 25.2 Å². The molecule has 0 bridgehead atoms. The first kappa shape index (κ1) is 22.9. The van der Waals surface area contributed by atoms with Gasteiger partial charge in [0, 0.05) is 37.0 Å². The molecule has 2 heterocycles. The van der Waals surface area contributed by atoms with Gasteiger partial charge in [0.15, 0.2) is 15.8 Å². The van der Waals surface area contributed by atoms with E-state index >= 15 is 0 Å². The van der Waals surface area contributed by atoms with Crippen LogP contribution in [0.25, 0.3) is 0 Å². The summed E-state index contributed by atoms with van der Waals surface area (Å²) in [6, 6.07) is 4.40. The van der Waals surface area contributed by atoms with E-state index in [0.717, 1.165) is 12.5 Å². The number of hydrogen-bond acceptors (Lipinski definition) is 4. The van der Waals surface area contributed by atoms with Gasteiger partial charge in [0.1, 0.15) is 0 Å². The first-order valence-corrected chi connectivity index (χ1v) is 12.0. The molecule has 0 radical (unpaired) electrons. The number of sulfone groups is 1. The SMILES string of the molecule is CN=C(NCC1(c2cccs2)CCCCC1)N1CCS(=O)(=O)C(C)(C)C1.I. The van der Waals surface area contributed by atoms with Crippen molar-refractivity contribution in [3.05, 3.63) is 22.4 Å². The van der Waals surface area contributed by atoms with E-state index < -0.39 is 14.6 Å². The molecule has 0 amide bonds. The van der Waals surface area contributed by atoms with Crippen LogP contribution >= 0.6 is 35.3 Å². The predicted octanol–water partition coefficient (Wildman–Crippen LogP) is 3.65. The summed E-state index contributed by atoms with van der Waals surface area (Å²) >= 11 is 1.85. The zero-order valence-electron chi connectivity index (χ0n) is 16.5. The van der Waals surface area contributed by atoms with Crippen molar-refractivity contribution in [1.29, 1.82) is 0 Å². The van der Waals surface area contributed by atoms with E-state index in [2.05, 4.69) is 32.7 Å². The normalized spacial score (nSPS) is 24.1. The molecule has 2 fully saturated rings. The fourth-order valence-corrected chi connectivity index (χ4v) is 6.58. The molecule has 1 N–H and O–H groups in total. The molecule has 8 heteroatoms. The van der Waals surface area contributed by atoms with Gasteiger partial charge in [-0.25, -0.2) is 8.42 Å². The Morgan fingerprint density at radius 3 is 2.56 bits per heavy atom. The van der Waals surface area contributed by atoms with Crippen LogP contribution in [0.15, 0.2) is 22.5 Å². The van der Waals surface area contributed by atoms with Crippen molar-refractivity contribution in [1.82, 2.24) is 10.2 Å². The van der Waals surface area contributed by atoms with Crippen LogP contribution in [-0.2, 0) is 15.3 Å². The van der Waals surface area contributed by atoms with E-state index in [-0.39, 0.29) is 35.1 Å². The first-order chi connectivity index (χ1) is 12.3. The number of aliphatic imine (C=N–C) groups is 1. The number of halogens is 1. The fourth-order valence-electron chi connectivity index (χ4n) is 4.22. The Morgan fingerprint density at radius 2 is 2.00 bits per heavy atom. The van der Waals surface area contributed by atoms with Crippen LogP contribution in [0.3, 0.4) is 0 Å². The van der Waals surface area contributed by atoms with Gasteiger partial charge in [-0.15, -0.1) is 35.3 Å². The maximum atomic E-state index is 12.3. The highest BCUT2D eigenvalue weighted by atomic mass is 127. The van der Waals surface area contributed by atoms with Crippen molar-refractivity contribution < 1.29 is 8.42 Å². The molecule has 2 aliphatic rings. The summed E-state index contributed by atoms with van der Waals surface area (Å²) in [7, 11) is -1.25. The zero-order valence-corrected chi connectivity index (χ0v) is 20.5. The molecule has 1 aliphatic carbocycles. The topological polar surface area (TPSA) is 61.8 Å². The maximum Gasteiger partial charge on any atom is 0.193 e. The van der Waals surface area contributed by atoms with Crippen LogP contribution in [-0.4, -0.2) is 56.5 Å². The van der Waals surface area contributed by atoms with Crippen molar-refractivity contribution in [2.75, 3.05) is 32.4 Å². The molecular formula is C19H32IN3O2S2. The number of guanidine groups is 1. The Labute approximate surface area is 185 Å². The van der Waals surface area contributed by atoms with Crippen molar-refractivity contribution in [2.45, 2.75) is 56.1 Å². The summed E-state index contributed by atoms with van der Waals surface area (Å²) in [5, 5.41) is 5.76. The molecule has 1 aliphatic heterocycles. The maximum absolute atomic E-state index is 12.3. The standard InChI is InChI=1S/C19H31N3O2S2.HI/c1-18(2)15-22(11-13-26(18,23)24)17(20-3)21-14-19(9-5-4-6-10-19)16-8-7-12-25-16;/h7-8,12H,4-6,9-11,13-15H2,1-3H3,(H,20,21);1H. The van der Waals surface area contributed by atoms with Crippen LogP contribution < -0.4 is 5.32 Å². The molecule has 3 rings (SSSR count). The van der Waals surface area contributed by atoms with Crippen molar-refractivity contribution >= 4 is 51.1 Å². The summed E-state index contributed by atoms with van der Waals surface area (Å²) in [5.41, 5.74) is 0.180. The van der Waals surface area contributed by atoms with Gasteiger partial charge in [-0.2, -0.15) is 0 Å². The second kappa shape index (κ2) is 8.98. The summed E-state index contributed by atoms with van der Waals surface area (Å²) in [5.74, 6) is 1.02. The minimum Gasteiger partial charge on any atom is -0.355 e. The lowest BCUT2D eigenvalue weighted by Crippen LogP contribution is -2.58. The Bertz CT molecular complexity index is 739. The van der Waals surface area contributed by atoms with Gasteiger partial charge >= 0.3 is 0 Å². The number of nitrogens with one attached hydrogen (secondary N) is 1. The van der Waals surface area contributed by atoms with Crippen LogP contribution in [0.4, 0.5) is 0 Å². The van der Waals surface area contributed by atoms with Crippen LogP contribution in [0.5, 0.6) is 0 Å². The molecule has 154 valence electrons. The Morgan fingerprint density at radius 1 is 1.30 bits per heavy atom. The zero-order chi connectivity index (χ0) is 18.8. The molecular weight excluding hydrogens is 493 g/mol. The van der Waals surface area contributed by atoms with E-state index in [1.165, 1.54) is 37.0 Å². The third kappa shape index (κ3) is 4.80. The van der Waals surface area contributed by atoms with Crippen molar-refractivity contribution in [3.8, 4) is 0 Å². The number of rotatable bonds is 3. The Kier molecular flexibility index (Phi) is 7.63. The molecule has 0 spiro atoms. The first-order valence-electron chi connectivity index (χ1n) is 9.52. The monoisotopic (exact) mass is 525 g/mol. The highest BCUT2D eigenvalue weighted by molar-refractivity contribution is 14.0. The van der Waals surface area contributed by atoms with E-state index in [9.17, 15) is 8.42 Å². The van der Waals surface area contributed by atoms with Gasteiger partial charge in [-0.05, 0) is 38.1 Å². The number of thiophene rings is 1. The van der Waals surface area contributed by atoms with Crippen molar-refractivity contribution in [3.63, 3.8) is 0 Å². The summed E-state index contributed by atoms with van der Waals surface area (Å²) in [6.07, 6.45) is 6.27. The Hall–Kier alpha value is -0.350. The third-order valence-corrected chi connectivity index (χ3v) is 9.64. The summed E-state index contributed by atoms with van der Waals surface area (Å²) in [4.78, 5) is 8.02. The van der Waals surface area contributed by atoms with E-state index in [0.29, 0.717) is 13.1 Å². The van der Waals surface area contributed by atoms with Gasteiger partial charge in [0.05, 0.1) is 10.5 Å². The smallest absolute Gasteiger partial charge is 0.193 e. The second-order valence-electron chi connectivity index (χ2n) is 8.22. The highest BCUT2D eigenvalue weighted by Crippen LogP contribution is 2.41. The van der Waals surface area contributed by atoms with Gasteiger partial charge in [0.2, 0.25) is 0 Å². The van der Waals surface area contributed by atoms with Gasteiger partial charge in [0.25, 0.3) is 0 Å². The molecule has 0 aromatic carbocycles. The Balaban J connectivity index is 0.00000261. The van der Waals surface area contributed by atoms with Crippen LogP contribution in [0.1, 0.15) is 50.8 Å². The van der Waals surface area contributed by atoms with Gasteiger partial charge < -0.3 is 10.2 Å². The van der Waals surface area contributed by atoms with Crippen LogP contribution in [0.2, 0.25) is 0 Å². The van der Waals surface area contributed by atoms with Gasteiger partial charge in [-0.1, -0.05) is 25.3 Å². The van der Waals surface area contributed by atoms with E-state index in [1.54, 1.807) is 7.05 Å². The predicted molar refractivity (Wildman–Crippen MR) is 125 cm³/mol.